The number of halogens is 1. The molecule has 1 aliphatic rings. The lowest BCUT2D eigenvalue weighted by Gasteiger charge is -2.23. The molecule has 0 saturated heterocycles. The number of thioether (sulfide) groups is 1. The molecule has 5 nitrogen and oxygen atoms in total. The summed E-state index contributed by atoms with van der Waals surface area (Å²) in [6, 6.07) is 5.94. The zero-order valence-electron chi connectivity index (χ0n) is 14.1. The van der Waals surface area contributed by atoms with Crippen molar-refractivity contribution in [2.75, 3.05) is 26.1 Å². The molecule has 0 atom stereocenters. The van der Waals surface area contributed by atoms with Crippen molar-refractivity contribution in [3.63, 3.8) is 0 Å². The SMILES string of the molecule is CCNC(=NCc1ccc2c(c1)OCO2)NCC(C)(C)SC.I. The van der Waals surface area contributed by atoms with Crippen LogP contribution in [-0.2, 0) is 6.54 Å². The zero-order chi connectivity index (χ0) is 16.0. The lowest BCUT2D eigenvalue weighted by Crippen LogP contribution is -2.43. The Morgan fingerprint density at radius 1 is 1.26 bits per heavy atom. The standard InChI is InChI=1S/C16H25N3O2S.HI/c1-5-17-15(19-10-16(2,3)22-4)18-9-12-6-7-13-14(8-12)21-11-20-13;/h6-8H,5,9-11H2,1-4H3,(H2,17,18,19);1H. The van der Waals surface area contributed by atoms with Crippen molar-refractivity contribution in [3.05, 3.63) is 23.8 Å². The molecule has 1 heterocycles. The molecule has 0 bridgehead atoms. The molecular weight excluding hydrogens is 425 g/mol. The highest BCUT2D eigenvalue weighted by molar-refractivity contribution is 14.0. The van der Waals surface area contributed by atoms with Gasteiger partial charge in [0.15, 0.2) is 17.5 Å². The van der Waals surface area contributed by atoms with E-state index in [9.17, 15) is 0 Å². The summed E-state index contributed by atoms with van der Waals surface area (Å²) in [7, 11) is 0. The van der Waals surface area contributed by atoms with E-state index in [2.05, 4.69) is 42.7 Å². The van der Waals surface area contributed by atoms with E-state index in [1.807, 2.05) is 30.0 Å². The van der Waals surface area contributed by atoms with E-state index in [-0.39, 0.29) is 28.7 Å². The molecule has 130 valence electrons. The highest BCUT2D eigenvalue weighted by atomic mass is 127. The number of ether oxygens (including phenoxy) is 2. The van der Waals surface area contributed by atoms with Crippen molar-refractivity contribution in [2.45, 2.75) is 32.1 Å². The Morgan fingerprint density at radius 2 is 2.00 bits per heavy atom. The molecule has 1 aromatic rings. The van der Waals surface area contributed by atoms with E-state index in [4.69, 9.17) is 9.47 Å². The molecule has 1 aliphatic heterocycles. The monoisotopic (exact) mass is 451 g/mol. The summed E-state index contributed by atoms with van der Waals surface area (Å²) < 4.78 is 10.9. The Labute approximate surface area is 160 Å². The molecule has 0 aromatic heterocycles. The number of hydrogen-bond donors (Lipinski definition) is 2. The Bertz CT molecular complexity index is 538. The lowest BCUT2D eigenvalue weighted by atomic mass is 10.2. The highest BCUT2D eigenvalue weighted by Crippen LogP contribution is 2.32. The summed E-state index contributed by atoms with van der Waals surface area (Å²) in [5.41, 5.74) is 1.10. The van der Waals surface area contributed by atoms with Gasteiger partial charge in [0, 0.05) is 17.8 Å². The number of nitrogens with zero attached hydrogens (tertiary/aromatic N) is 1. The number of benzene rings is 1. The number of rotatable bonds is 6. The van der Waals surface area contributed by atoms with E-state index in [1.54, 1.807) is 0 Å². The van der Waals surface area contributed by atoms with Crippen molar-refractivity contribution >= 4 is 41.7 Å². The Hall–Kier alpha value is -0.830. The Morgan fingerprint density at radius 3 is 2.70 bits per heavy atom. The first-order valence-electron chi connectivity index (χ1n) is 7.50. The summed E-state index contributed by atoms with van der Waals surface area (Å²) in [5, 5.41) is 6.67. The van der Waals surface area contributed by atoms with Crippen molar-refractivity contribution in [1.29, 1.82) is 0 Å². The maximum atomic E-state index is 5.40. The maximum absolute atomic E-state index is 5.40. The third-order valence-corrected chi connectivity index (χ3v) is 4.68. The van der Waals surface area contributed by atoms with Crippen LogP contribution < -0.4 is 20.1 Å². The summed E-state index contributed by atoms with van der Waals surface area (Å²) in [5.74, 6) is 2.44. The van der Waals surface area contributed by atoms with Crippen molar-refractivity contribution in [2.24, 2.45) is 4.99 Å². The van der Waals surface area contributed by atoms with E-state index in [1.165, 1.54) is 0 Å². The van der Waals surface area contributed by atoms with Crippen LogP contribution in [0.1, 0.15) is 26.3 Å². The smallest absolute Gasteiger partial charge is 0.231 e. The maximum Gasteiger partial charge on any atom is 0.231 e. The molecule has 0 saturated carbocycles. The highest BCUT2D eigenvalue weighted by Gasteiger charge is 2.16. The van der Waals surface area contributed by atoms with Gasteiger partial charge in [-0.2, -0.15) is 11.8 Å². The third-order valence-electron chi connectivity index (χ3n) is 3.44. The van der Waals surface area contributed by atoms with E-state index >= 15 is 0 Å². The largest absolute Gasteiger partial charge is 0.454 e. The molecular formula is C16H26IN3O2S. The van der Waals surface area contributed by atoms with Crippen LogP contribution in [-0.4, -0.2) is 36.8 Å². The minimum atomic E-state index is 0. The van der Waals surface area contributed by atoms with Gasteiger partial charge in [-0.1, -0.05) is 6.07 Å². The van der Waals surface area contributed by atoms with Crippen molar-refractivity contribution in [3.8, 4) is 11.5 Å². The Kier molecular flexibility index (Phi) is 8.32. The molecule has 7 heteroatoms. The van der Waals surface area contributed by atoms with E-state index in [0.29, 0.717) is 13.3 Å². The van der Waals surface area contributed by atoms with Gasteiger partial charge in [0.2, 0.25) is 6.79 Å². The predicted octanol–water partition coefficient (Wildman–Crippen LogP) is 3.23. The molecule has 0 unspecified atom stereocenters. The second-order valence-electron chi connectivity index (χ2n) is 5.70. The molecule has 0 amide bonds. The molecule has 0 aliphatic carbocycles. The van der Waals surface area contributed by atoms with E-state index in [0.717, 1.165) is 36.1 Å². The number of aliphatic imine (C=N–C) groups is 1. The molecule has 23 heavy (non-hydrogen) atoms. The van der Waals surface area contributed by atoms with Crippen LogP contribution >= 0.6 is 35.7 Å². The average molecular weight is 451 g/mol. The van der Waals surface area contributed by atoms with Gasteiger partial charge in [0.25, 0.3) is 0 Å². The number of guanidine groups is 1. The van der Waals surface area contributed by atoms with Gasteiger partial charge >= 0.3 is 0 Å². The van der Waals surface area contributed by atoms with Gasteiger partial charge in [-0.15, -0.1) is 24.0 Å². The number of nitrogens with one attached hydrogen (secondary N) is 2. The third kappa shape index (κ3) is 6.29. The fourth-order valence-corrected chi connectivity index (χ4v) is 2.14. The fourth-order valence-electron chi connectivity index (χ4n) is 1.92. The average Bonchev–Trinajstić information content (AvgIpc) is 2.97. The quantitative estimate of drug-likeness (QED) is 0.395. The summed E-state index contributed by atoms with van der Waals surface area (Å²) in [4.78, 5) is 4.64. The van der Waals surface area contributed by atoms with Crippen LogP contribution in [0.15, 0.2) is 23.2 Å². The normalized spacial score (nSPS) is 13.5. The molecule has 1 aromatic carbocycles. The van der Waals surface area contributed by atoms with Gasteiger partial charge in [-0.05, 0) is 44.7 Å². The van der Waals surface area contributed by atoms with Crippen molar-refractivity contribution < 1.29 is 9.47 Å². The van der Waals surface area contributed by atoms with Gasteiger partial charge < -0.3 is 20.1 Å². The first kappa shape index (κ1) is 20.2. The fraction of sp³-hybridized carbons (Fsp3) is 0.562. The molecule has 0 radical (unpaired) electrons. The molecule has 0 fully saturated rings. The van der Waals surface area contributed by atoms with Gasteiger partial charge in [0.05, 0.1) is 6.54 Å². The molecule has 0 spiro atoms. The van der Waals surface area contributed by atoms with Crippen LogP contribution in [0.2, 0.25) is 0 Å². The summed E-state index contributed by atoms with van der Waals surface area (Å²) >= 11 is 1.84. The van der Waals surface area contributed by atoms with Crippen molar-refractivity contribution in [1.82, 2.24) is 10.6 Å². The minimum absolute atomic E-state index is 0. The van der Waals surface area contributed by atoms with Gasteiger partial charge in [-0.25, -0.2) is 4.99 Å². The van der Waals surface area contributed by atoms with E-state index < -0.39 is 0 Å². The molecule has 2 rings (SSSR count). The van der Waals surface area contributed by atoms with Crippen LogP contribution in [0.25, 0.3) is 0 Å². The topological polar surface area (TPSA) is 54.9 Å². The summed E-state index contributed by atoms with van der Waals surface area (Å²) in [6.45, 7) is 9.10. The molecule has 2 N–H and O–H groups in total. The first-order valence-corrected chi connectivity index (χ1v) is 8.72. The predicted molar refractivity (Wildman–Crippen MR) is 108 cm³/mol. The first-order chi connectivity index (χ1) is 10.5. The lowest BCUT2D eigenvalue weighted by molar-refractivity contribution is 0.174. The van der Waals surface area contributed by atoms with Gasteiger partial charge in [0.1, 0.15) is 0 Å². The number of hydrogen-bond acceptors (Lipinski definition) is 4. The van der Waals surface area contributed by atoms with Crippen LogP contribution in [0, 0.1) is 0 Å². The van der Waals surface area contributed by atoms with Crippen LogP contribution in [0.4, 0.5) is 0 Å². The summed E-state index contributed by atoms with van der Waals surface area (Å²) in [6.07, 6.45) is 2.12. The number of fused-ring (bicyclic) bond motifs is 1. The van der Waals surface area contributed by atoms with Crippen LogP contribution in [0.3, 0.4) is 0 Å². The minimum Gasteiger partial charge on any atom is -0.454 e. The Balaban J connectivity index is 0.00000264. The zero-order valence-corrected chi connectivity index (χ0v) is 17.3. The van der Waals surface area contributed by atoms with Gasteiger partial charge in [-0.3, -0.25) is 0 Å². The second kappa shape index (κ2) is 9.46. The van der Waals surface area contributed by atoms with Crippen LogP contribution in [0.5, 0.6) is 11.5 Å². The second-order valence-corrected chi connectivity index (χ2v) is 7.21.